The van der Waals surface area contributed by atoms with Gasteiger partial charge in [-0.1, -0.05) is 12.1 Å². The Hall–Kier alpha value is -0.620. The maximum absolute atomic E-state index is 12.6. The maximum atomic E-state index is 12.6. The molecule has 1 saturated heterocycles. The van der Waals surface area contributed by atoms with Gasteiger partial charge < -0.3 is 0 Å². The lowest BCUT2D eigenvalue weighted by Crippen LogP contribution is -2.32. The maximum Gasteiger partial charge on any atom is 0.161 e. The summed E-state index contributed by atoms with van der Waals surface area (Å²) in [6.07, 6.45) is 3.71. The van der Waals surface area contributed by atoms with Crippen LogP contribution in [0, 0.1) is 10.5 Å². The normalized spacial score (nSPS) is 27.5. The third-order valence-electron chi connectivity index (χ3n) is 4.86. The lowest BCUT2D eigenvalue weighted by molar-refractivity contribution is -0.116. The Kier molecular flexibility index (Phi) is 3.93. The summed E-state index contributed by atoms with van der Waals surface area (Å²) in [6.45, 7) is 2.14. The number of halogens is 1. The number of fused-ring (bicyclic) bond motifs is 1. The number of aliphatic imine (C=N–C) groups is 1. The zero-order chi connectivity index (χ0) is 15.3. The molecule has 1 aromatic carbocycles. The molecule has 3 aliphatic rings. The summed E-state index contributed by atoms with van der Waals surface area (Å²) in [5.41, 5.74) is 6.03. The molecule has 0 amide bonds. The molecule has 4 heteroatoms. The van der Waals surface area contributed by atoms with Crippen LogP contribution in [0.4, 0.5) is 0 Å². The molecule has 0 N–H and O–H groups in total. The average Bonchev–Trinajstić information content (AvgIpc) is 2.96. The number of ketones is 1. The van der Waals surface area contributed by atoms with Crippen LogP contribution in [-0.2, 0) is 4.79 Å². The molecule has 2 unspecified atom stereocenters. The molecule has 1 aromatic rings. The second-order valence-electron chi connectivity index (χ2n) is 6.27. The summed E-state index contributed by atoms with van der Waals surface area (Å²) < 4.78 is 1.28. The number of rotatable bonds is 1. The summed E-state index contributed by atoms with van der Waals surface area (Å²) in [4.78, 5) is 17.5. The van der Waals surface area contributed by atoms with Crippen molar-refractivity contribution in [1.82, 2.24) is 0 Å². The number of thioether (sulfide) groups is 1. The fraction of sp³-hybridized carbons (Fsp3) is 0.444. The van der Waals surface area contributed by atoms with Gasteiger partial charge in [-0.25, -0.2) is 0 Å². The number of hydrogen-bond acceptors (Lipinski definition) is 3. The van der Waals surface area contributed by atoms with Crippen molar-refractivity contribution >= 4 is 45.8 Å². The minimum Gasteiger partial charge on any atom is -0.294 e. The smallest absolute Gasteiger partial charge is 0.161 e. The number of benzene rings is 1. The van der Waals surface area contributed by atoms with Crippen molar-refractivity contribution in [2.75, 3.05) is 5.75 Å². The van der Waals surface area contributed by atoms with E-state index in [1.165, 1.54) is 20.4 Å². The van der Waals surface area contributed by atoms with E-state index in [0.29, 0.717) is 17.5 Å². The third kappa shape index (κ3) is 2.39. The Morgan fingerprint density at radius 1 is 1.27 bits per heavy atom. The molecule has 2 nitrogen and oxygen atoms in total. The molecule has 0 bridgehead atoms. The summed E-state index contributed by atoms with van der Waals surface area (Å²) >= 11 is 4.38. The van der Waals surface area contributed by atoms with Gasteiger partial charge >= 0.3 is 0 Å². The zero-order valence-corrected chi connectivity index (χ0v) is 15.5. The lowest BCUT2D eigenvalue weighted by Gasteiger charge is -2.33. The summed E-state index contributed by atoms with van der Waals surface area (Å²) in [5, 5.41) is 0.374. The molecule has 4 rings (SSSR count). The molecule has 0 saturated carbocycles. The van der Waals surface area contributed by atoms with Crippen LogP contribution in [0.15, 0.2) is 34.5 Å². The van der Waals surface area contributed by atoms with Crippen LogP contribution in [0.25, 0.3) is 0 Å². The molecule has 2 atom stereocenters. The van der Waals surface area contributed by atoms with Crippen LogP contribution < -0.4 is 0 Å². The minimum atomic E-state index is 0.219. The Morgan fingerprint density at radius 2 is 2.14 bits per heavy atom. The van der Waals surface area contributed by atoms with Crippen molar-refractivity contribution in [2.24, 2.45) is 4.99 Å². The number of nitrogens with zero attached hydrogens (tertiary/aromatic N) is 1. The number of allylic oxidation sites excluding steroid dienone is 2. The quantitative estimate of drug-likeness (QED) is 0.616. The van der Waals surface area contributed by atoms with E-state index < -0.39 is 0 Å². The first-order valence-electron chi connectivity index (χ1n) is 7.86. The number of aryl methyl sites for hydroxylation is 1. The van der Waals surface area contributed by atoms with Gasteiger partial charge in [-0.3, -0.25) is 9.79 Å². The van der Waals surface area contributed by atoms with Gasteiger partial charge in [0.1, 0.15) is 0 Å². The van der Waals surface area contributed by atoms with Gasteiger partial charge in [0.2, 0.25) is 0 Å². The van der Waals surface area contributed by atoms with E-state index >= 15 is 0 Å². The van der Waals surface area contributed by atoms with E-state index in [1.54, 1.807) is 0 Å². The van der Waals surface area contributed by atoms with Crippen LogP contribution in [-0.4, -0.2) is 22.5 Å². The molecule has 0 spiro atoms. The van der Waals surface area contributed by atoms with Crippen LogP contribution in [0.1, 0.15) is 42.7 Å². The van der Waals surface area contributed by atoms with E-state index in [2.05, 4.69) is 47.7 Å². The van der Waals surface area contributed by atoms with Gasteiger partial charge in [-0.05, 0) is 71.7 Å². The van der Waals surface area contributed by atoms with Crippen molar-refractivity contribution in [3.63, 3.8) is 0 Å². The average molecular weight is 423 g/mol. The van der Waals surface area contributed by atoms with Gasteiger partial charge in [-0.15, -0.1) is 0 Å². The van der Waals surface area contributed by atoms with Gasteiger partial charge in [0.15, 0.2) is 5.78 Å². The standard InChI is InChI=1S/C18H18INOS/c1-10-5-6-11(9-12(10)19)16-17-13(3-2-4-15(17)21)20-14-7-8-22-18(14)16/h5-6,9,16,18H,2-4,7-8H2,1H3. The second kappa shape index (κ2) is 5.78. The Labute approximate surface area is 149 Å². The summed E-state index contributed by atoms with van der Waals surface area (Å²) in [6, 6.07) is 6.68. The first-order chi connectivity index (χ1) is 10.6. The molecular formula is C18H18INOS. The van der Waals surface area contributed by atoms with Crippen LogP contribution in [0.5, 0.6) is 0 Å². The molecule has 0 radical (unpaired) electrons. The molecule has 1 fully saturated rings. The Balaban J connectivity index is 1.87. The fourth-order valence-electron chi connectivity index (χ4n) is 3.72. The predicted molar refractivity (Wildman–Crippen MR) is 101 cm³/mol. The van der Waals surface area contributed by atoms with Crippen LogP contribution in [0.2, 0.25) is 0 Å². The number of carbonyl (C=O) groups is 1. The second-order valence-corrected chi connectivity index (χ2v) is 8.68. The number of hydrogen-bond donors (Lipinski definition) is 0. The summed E-state index contributed by atoms with van der Waals surface area (Å²) in [7, 11) is 0. The minimum absolute atomic E-state index is 0.219. The number of Topliss-reactive ketones (excluding diaryl/α,β-unsaturated/α-hetero) is 1. The Morgan fingerprint density at radius 3 is 2.95 bits per heavy atom. The van der Waals surface area contributed by atoms with Crippen molar-refractivity contribution in [2.45, 2.75) is 43.8 Å². The van der Waals surface area contributed by atoms with Crippen LogP contribution in [0.3, 0.4) is 0 Å². The topological polar surface area (TPSA) is 29.4 Å². The van der Waals surface area contributed by atoms with Gasteiger partial charge in [-0.2, -0.15) is 11.8 Å². The highest BCUT2D eigenvalue weighted by molar-refractivity contribution is 14.1. The predicted octanol–water partition coefficient (Wildman–Crippen LogP) is 4.65. The number of carbonyl (C=O) groups excluding carboxylic acids is 1. The lowest BCUT2D eigenvalue weighted by atomic mass is 9.77. The Bertz CT molecular complexity index is 722. The van der Waals surface area contributed by atoms with Crippen molar-refractivity contribution in [3.05, 3.63) is 44.2 Å². The van der Waals surface area contributed by atoms with Crippen molar-refractivity contribution < 1.29 is 4.79 Å². The fourth-order valence-corrected chi connectivity index (χ4v) is 5.69. The molecule has 22 heavy (non-hydrogen) atoms. The van der Waals surface area contributed by atoms with E-state index in [1.807, 2.05) is 11.8 Å². The highest BCUT2D eigenvalue weighted by Gasteiger charge is 2.42. The SMILES string of the molecule is Cc1ccc(C2C3=C(CCCC3=O)N=C3CCSC32)cc1I. The molecule has 1 aliphatic carbocycles. The third-order valence-corrected chi connectivity index (χ3v) is 7.37. The van der Waals surface area contributed by atoms with Crippen LogP contribution >= 0.6 is 34.4 Å². The van der Waals surface area contributed by atoms with Gasteiger partial charge in [0, 0.05) is 32.9 Å². The first-order valence-corrected chi connectivity index (χ1v) is 9.99. The highest BCUT2D eigenvalue weighted by atomic mass is 127. The molecule has 0 aromatic heterocycles. The first kappa shape index (κ1) is 14.9. The van der Waals surface area contributed by atoms with E-state index in [-0.39, 0.29) is 5.92 Å². The summed E-state index contributed by atoms with van der Waals surface area (Å²) in [5.74, 6) is 1.69. The monoisotopic (exact) mass is 423 g/mol. The van der Waals surface area contributed by atoms with Crippen molar-refractivity contribution in [1.29, 1.82) is 0 Å². The largest absolute Gasteiger partial charge is 0.294 e. The van der Waals surface area contributed by atoms with E-state index in [0.717, 1.165) is 36.3 Å². The molecule has 2 aliphatic heterocycles. The molecule has 2 heterocycles. The van der Waals surface area contributed by atoms with E-state index in [4.69, 9.17) is 4.99 Å². The van der Waals surface area contributed by atoms with E-state index in [9.17, 15) is 4.79 Å². The van der Waals surface area contributed by atoms with Gasteiger partial charge in [0.25, 0.3) is 0 Å². The van der Waals surface area contributed by atoms with Crippen molar-refractivity contribution in [3.8, 4) is 0 Å². The highest BCUT2D eigenvalue weighted by Crippen LogP contribution is 2.47. The van der Waals surface area contributed by atoms with Gasteiger partial charge in [0.05, 0.1) is 5.25 Å². The molecular weight excluding hydrogens is 405 g/mol. The molecule has 114 valence electrons. The zero-order valence-electron chi connectivity index (χ0n) is 12.6.